The van der Waals surface area contributed by atoms with Gasteiger partial charge < -0.3 is 9.15 Å². The molecule has 1 saturated heterocycles. The van der Waals surface area contributed by atoms with Gasteiger partial charge in [-0.25, -0.2) is 4.79 Å². The van der Waals surface area contributed by atoms with Gasteiger partial charge in [-0.1, -0.05) is 0 Å². The number of rotatable bonds is 1. The van der Waals surface area contributed by atoms with E-state index in [1.807, 2.05) is 32.9 Å². The first-order chi connectivity index (χ1) is 10.9. The average molecular weight is 350 g/mol. The van der Waals surface area contributed by atoms with E-state index in [4.69, 9.17) is 14.4 Å². The van der Waals surface area contributed by atoms with Crippen molar-refractivity contribution in [1.82, 2.24) is 9.88 Å². The lowest BCUT2D eigenvalue weighted by molar-refractivity contribution is 0.0209. The zero-order chi connectivity index (χ0) is 16.6. The van der Waals surface area contributed by atoms with E-state index in [9.17, 15) is 4.79 Å². The van der Waals surface area contributed by atoms with E-state index in [0.29, 0.717) is 29.0 Å². The lowest BCUT2D eigenvalue weighted by Gasteiger charge is -2.27. The maximum atomic E-state index is 12.4. The van der Waals surface area contributed by atoms with Gasteiger partial charge >= 0.3 is 6.09 Å². The van der Waals surface area contributed by atoms with Gasteiger partial charge in [0.25, 0.3) is 0 Å². The molecule has 3 heterocycles. The van der Waals surface area contributed by atoms with E-state index < -0.39 is 5.60 Å². The number of aromatic nitrogens is 1. The molecule has 1 atom stereocenters. The summed E-state index contributed by atoms with van der Waals surface area (Å²) in [7, 11) is 0. The van der Waals surface area contributed by atoms with Crippen LogP contribution < -0.4 is 0 Å². The van der Waals surface area contributed by atoms with Crippen molar-refractivity contribution in [3.63, 3.8) is 0 Å². The van der Waals surface area contributed by atoms with Crippen LogP contribution in [0.4, 0.5) is 4.79 Å². The second-order valence-corrected chi connectivity index (χ2v) is 6.70. The van der Waals surface area contributed by atoms with E-state index in [2.05, 4.69) is 4.98 Å². The maximum absolute atomic E-state index is 12.4. The van der Waals surface area contributed by atoms with Crippen LogP contribution in [0.2, 0.25) is 0 Å². The van der Waals surface area contributed by atoms with E-state index >= 15 is 0 Å². The summed E-state index contributed by atoms with van der Waals surface area (Å²) in [6.07, 6.45) is 2.91. The summed E-state index contributed by atoms with van der Waals surface area (Å²) in [6, 6.07) is 5.40. The van der Waals surface area contributed by atoms with Gasteiger partial charge in [0.05, 0.1) is 11.6 Å². The number of pyridine rings is 1. The molecule has 128 valence electrons. The molecule has 1 aliphatic rings. The van der Waals surface area contributed by atoms with Crippen LogP contribution in [-0.4, -0.2) is 28.1 Å². The van der Waals surface area contributed by atoms with E-state index in [-0.39, 0.29) is 24.5 Å². The van der Waals surface area contributed by atoms with Crippen molar-refractivity contribution in [3.05, 3.63) is 29.7 Å². The average Bonchev–Trinajstić information content (AvgIpc) is 3.10. The Morgan fingerprint density at radius 3 is 2.88 bits per heavy atom. The zero-order valence-corrected chi connectivity index (χ0v) is 14.7. The normalized spacial score (nSPS) is 17.4. The van der Waals surface area contributed by atoms with E-state index in [0.717, 1.165) is 12.8 Å². The highest BCUT2D eigenvalue weighted by atomic mass is 35.5. The minimum absolute atomic E-state index is 0. The summed E-state index contributed by atoms with van der Waals surface area (Å²) in [4.78, 5) is 18.3. The Hall–Kier alpha value is -2.26. The van der Waals surface area contributed by atoms with Gasteiger partial charge in [-0.05, 0) is 33.6 Å². The highest BCUT2D eigenvalue weighted by Gasteiger charge is 2.35. The van der Waals surface area contributed by atoms with Crippen LogP contribution in [0.25, 0.3) is 11.1 Å². The van der Waals surface area contributed by atoms with Gasteiger partial charge in [0, 0.05) is 24.9 Å². The molecule has 1 fully saturated rings. The molecule has 0 aliphatic carbocycles. The molecule has 1 aliphatic heterocycles. The van der Waals surface area contributed by atoms with Crippen molar-refractivity contribution in [2.24, 2.45) is 0 Å². The zero-order valence-electron chi connectivity index (χ0n) is 13.9. The van der Waals surface area contributed by atoms with Gasteiger partial charge in [-0.3, -0.25) is 9.88 Å². The predicted molar refractivity (Wildman–Crippen MR) is 90.9 cm³/mol. The van der Waals surface area contributed by atoms with Gasteiger partial charge in [0.2, 0.25) is 0 Å². The Morgan fingerprint density at radius 2 is 2.21 bits per heavy atom. The van der Waals surface area contributed by atoms with Gasteiger partial charge in [0.15, 0.2) is 5.58 Å². The highest BCUT2D eigenvalue weighted by molar-refractivity contribution is 5.85. The number of fused-ring (bicyclic) bond motifs is 1. The monoisotopic (exact) mass is 349 g/mol. The Morgan fingerprint density at radius 1 is 1.46 bits per heavy atom. The molecule has 0 radical (unpaired) electrons. The smallest absolute Gasteiger partial charge is 0.410 e. The van der Waals surface area contributed by atoms with E-state index in [1.165, 1.54) is 6.20 Å². The first-order valence-electron chi connectivity index (χ1n) is 7.66. The first kappa shape index (κ1) is 18.1. The third kappa shape index (κ3) is 3.62. The summed E-state index contributed by atoms with van der Waals surface area (Å²) < 4.78 is 11.3. The van der Waals surface area contributed by atoms with Crippen molar-refractivity contribution in [2.45, 2.75) is 45.3 Å². The number of amides is 1. The molecular weight excluding hydrogens is 330 g/mol. The number of hydrogen-bond acceptors (Lipinski definition) is 5. The number of likely N-dealkylation sites (tertiary alicyclic amines) is 1. The Bertz CT molecular complexity index is 788. The molecule has 0 N–H and O–H groups in total. The molecule has 3 rings (SSSR count). The summed E-state index contributed by atoms with van der Waals surface area (Å²) in [5.74, 6) is 0.686. The second-order valence-electron chi connectivity index (χ2n) is 6.70. The fourth-order valence-electron chi connectivity index (χ4n) is 2.76. The third-order valence-corrected chi connectivity index (χ3v) is 3.73. The number of nitriles is 1. The molecule has 0 aromatic carbocycles. The van der Waals surface area contributed by atoms with Crippen molar-refractivity contribution in [2.75, 3.05) is 6.54 Å². The SMILES string of the molecule is CC(C)(C)OC(=O)N1CCC[C@@H]1c1cc2ncc(C#N)cc2o1.Cl. The minimum Gasteiger partial charge on any atom is -0.457 e. The molecule has 0 bridgehead atoms. The quantitative estimate of drug-likeness (QED) is 0.771. The van der Waals surface area contributed by atoms with Crippen LogP contribution in [0.3, 0.4) is 0 Å². The minimum atomic E-state index is -0.526. The molecule has 0 spiro atoms. The molecule has 7 heteroatoms. The summed E-state index contributed by atoms with van der Waals surface area (Å²) in [5, 5.41) is 8.94. The first-order valence-corrected chi connectivity index (χ1v) is 7.66. The molecule has 1 amide bonds. The lowest BCUT2D eigenvalue weighted by atomic mass is 10.1. The molecule has 2 aromatic heterocycles. The van der Waals surface area contributed by atoms with E-state index in [1.54, 1.807) is 11.0 Å². The Labute approximate surface area is 146 Å². The number of nitrogens with zero attached hydrogens (tertiary/aromatic N) is 3. The van der Waals surface area contributed by atoms with Gasteiger partial charge in [-0.15, -0.1) is 12.4 Å². The standard InChI is InChI=1S/C17H19N3O3.ClH/c1-17(2,3)23-16(21)20-6-4-5-13(20)15-8-12-14(22-15)7-11(9-18)10-19-12;/h7-8,10,13H,4-6H2,1-3H3;1H/t13-;/m1./s1. The number of carbonyl (C=O) groups excluding carboxylic acids is 1. The van der Waals surface area contributed by atoms with Crippen LogP contribution in [0.15, 0.2) is 22.7 Å². The molecule has 2 aromatic rings. The van der Waals surface area contributed by atoms with Crippen LogP contribution in [0, 0.1) is 11.3 Å². The Balaban J connectivity index is 0.00000208. The molecule has 24 heavy (non-hydrogen) atoms. The van der Waals surface area contributed by atoms with Crippen LogP contribution in [0.5, 0.6) is 0 Å². The fourth-order valence-corrected chi connectivity index (χ4v) is 2.76. The Kier molecular flexibility index (Phi) is 5.05. The second kappa shape index (κ2) is 6.70. The predicted octanol–water partition coefficient (Wildman–Crippen LogP) is 4.19. The van der Waals surface area contributed by atoms with Crippen molar-refractivity contribution in [3.8, 4) is 6.07 Å². The third-order valence-electron chi connectivity index (χ3n) is 3.73. The summed E-state index contributed by atoms with van der Waals surface area (Å²) in [6.45, 7) is 6.20. The molecule has 6 nitrogen and oxygen atoms in total. The van der Waals surface area contributed by atoms with Crippen LogP contribution >= 0.6 is 12.4 Å². The fraction of sp³-hybridized carbons (Fsp3) is 0.471. The van der Waals surface area contributed by atoms with Crippen molar-refractivity contribution in [1.29, 1.82) is 5.26 Å². The van der Waals surface area contributed by atoms with Gasteiger partial charge in [0.1, 0.15) is 22.9 Å². The molecule has 0 unspecified atom stereocenters. The summed E-state index contributed by atoms with van der Waals surface area (Å²) in [5.41, 5.74) is 1.18. The number of furan rings is 1. The topological polar surface area (TPSA) is 79.4 Å². The maximum Gasteiger partial charge on any atom is 0.410 e. The number of halogens is 1. The summed E-state index contributed by atoms with van der Waals surface area (Å²) >= 11 is 0. The molecule has 0 saturated carbocycles. The largest absolute Gasteiger partial charge is 0.457 e. The van der Waals surface area contributed by atoms with Crippen LogP contribution in [-0.2, 0) is 4.74 Å². The number of carbonyl (C=O) groups is 1. The molecular formula is C17H20ClN3O3. The highest BCUT2D eigenvalue weighted by Crippen LogP contribution is 2.35. The number of ether oxygens (including phenoxy) is 1. The lowest BCUT2D eigenvalue weighted by Crippen LogP contribution is -2.36. The number of hydrogen-bond donors (Lipinski definition) is 0. The van der Waals surface area contributed by atoms with Gasteiger partial charge in [-0.2, -0.15) is 5.26 Å². The van der Waals surface area contributed by atoms with Crippen molar-refractivity contribution >= 4 is 29.6 Å². The van der Waals surface area contributed by atoms with Crippen molar-refractivity contribution < 1.29 is 13.9 Å². The van der Waals surface area contributed by atoms with Crippen LogP contribution in [0.1, 0.15) is 51.0 Å².